The van der Waals surface area contributed by atoms with Crippen molar-refractivity contribution in [2.75, 3.05) is 25.6 Å². The lowest BCUT2D eigenvalue weighted by molar-refractivity contribution is -0.134. The SMILES string of the molecule is O=C(CSc1cccc(Br)c1)C1CCOC2(CCOC2)C1. The van der Waals surface area contributed by atoms with Crippen LogP contribution in [-0.4, -0.2) is 37.0 Å². The molecule has 0 radical (unpaired) electrons. The number of thioether (sulfide) groups is 1. The Balaban J connectivity index is 1.55. The number of benzene rings is 1. The molecule has 2 saturated heterocycles. The van der Waals surface area contributed by atoms with Crippen molar-refractivity contribution in [2.45, 2.75) is 29.8 Å². The van der Waals surface area contributed by atoms with Crippen molar-refractivity contribution in [1.29, 1.82) is 0 Å². The molecule has 0 N–H and O–H groups in total. The number of hydrogen-bond acceptors (Lipinski definition) is 4. The molecule has 2 unspecified atom stereocenters. The molecular weight excluding hydrogens is 352 g/mol. The molecule has 3 rings (SSSR count). The number of ether oxygens (including phenoxy) is 2. The zero-order chi connectivity index (χ0) is 14.7. The molecule has 0 aromatic heterocycles. The smallest absolute Gasteiger partial charge is 0.146 e. The molecule has 2 aliphatic heterocycles. The number of carbonyl (C=O) groups excluding carboxylic acids is 1. The van der Waals surface area contributed by atoms with Gasteiger partial charge in [-0.3, -0.25) is 4.79 Å². The largest absolute Gasteiger partial charge is 0.378 e. The summed E-state index contributed by atoms with van der Waals surface area (Å²) in [6, 6.07) is 8.08. The molecule has 0 bridgehead atoms. The average molecular weight is 371 g/mol. The second-order valence-electron chi connectivity index (χ2n) is 5.74. The number of Topliss-reactive ketones (excluding diaryl/α,β-unsaturated/α-hetero) is 1. The van der Waals surface area contributed by atoms with E-state index in [0.717, 1.165) is 35.2 Å². The van der Waals surface area contributed by atoms with Crippen LogP contribution in [0.15, 0.2) is 33.6 Å². The van der Waals surface area contributed by atoms with Crippen molar-refractivity contribution in [2.24, 2.45) is 5.92 Å². The summed E-state index contributed by atoms with van der Waals surface area (Å²) in [5.74, 6) is 1.01. The third-order valence-electron chi connectivity index (χ3n) is 4.19. The Kier molecular flexibility index (Phi) is 5.04. The van der Waals surface area contributed by atoms with E-state index in [9.17, 15) is 4.79 Å². The number of halogens is 1. The van der Waals surface area contributed by atoms with Crippen LogP contribution < -0.4 is 0 Å². The van der Waals surface area contributed by atoms with E-state index in [2.05, 4.69) is 15.9 Å². The Morgan fingerprint density at radius 2 is 2.33 bits per heavy atom. The standard InChI is InChI=1S/C16H19BrO3S/c17-13-2-1-3-14(8-13)21-10-15(18)12-4-6-20-16(9-12)5-7-19-11-16/h1-3,8,12H,4-7,9-11H2. The van der Waals surface area contributed by atoms with Gasteiger partial charge in [-0.15, -0.1) is 11.8 Å². The first kappa shape index (κ1) is 15.5. The van der Waals surface area contributed by atoms with Gasteiger partial charge in [0.1, 0.15) is 5.78 Å². The molecule has 0 amide bonds. The fourth-order valence-electron chi connectivity index (χ4n) is 2.99. The molecule has 2 fully saturated rings. The highest BCUT2D eigenvalue weighted by Crippen LogP contribution is 2.36. The van der Waals surface area contributed by atoms with Gasteiger partial charge in [0, 0.05) is 34.9 Å². The third-order valence-corrected chi connectivity index (χ3v) is 5.70. The minimum Gasteiger partial charge on any atom is -0.378 e. The molecular formula is C16H19BrO3S. The summed E-state index contributed by atoms with van der Waals surface area (Å²) in [7, 11) is 0. The Morgan fingerprint density at radius 1 is 1.43 bits per heavy atom. The molecule has 0 saturated carbocycles. The maximum Gasteiger partial charge on any atom is 0.146 e. The zero-order valence-electron chi connectivity index (χ0n) is 11.8. The summed E-state index contributed by atoms with van der Waals surface area (Å²) < 4.78 is 12.4. The van der Waals surface area contributed by atoms with Crippen LogP contribution in [0.5, 0.6) is 0 Å². The van der Waals surface area contributed by atoms with Gasteiger partial charge in [-0.1, -0.05) is 22.0 Å². The van der Waals surface area contributed by atoms with Crippen LogP contribution >= 0.6 is 27.7 Å². The maximum absolute atomic E-state index is 12.5. The van der Waals surface area contributed by atoms with E-state index in [1.807, 2.05) is 24.3 Å². The van der Waals surface area contributed by atoms with Crippen LogP contribution in [0.1, 0.15) is 19.3 Å². The molecule has 1 aromatic carbocycles. The summed E-state index contributed by atoms with van der Waals surface area (Å²) >= 11 is 5.07. The van der Waals surface area contributed by atoms with E-state index in [4.69, 9.17) is 9.47 Å². The lowest BCUT2D eigenvalue weighted by Gasteiger charge is -2.36. The van der Waals surface area contributed by atoms with Gasteiger partial charge >= 0.3 is 0 Å². The Hall–Kier alpha value is -0.360. The highest BCUT2D eigenvalue weighted by Gasteiger charge is 2.42. The lowest BCUT2D eigenvalue weighted by atomic mass is 9.83. The van der Waals surface area contributed by atoms with E-state index in [1.54, 1.807) is 11.8 Å². The molecule has 5 heteroatoms. The topological polar surface area (TPSA) is 35.5 Å². The fourth-order valence-corrected chi connectivity index (χ4v) is 4.48. The van der Waals surface area contributed by atoms with Gasteiger partial charge < -0.3 is 9.47 Å². The highest BCUT2D eigenvalue weighted by molar-refractivity contribution is 9.10. The Bertz CT molecular complexity index is 514. The van der Waals surface area contributed by atoms with Gasteiger partial charge in [0.15, 0.2) is 0 Å². The van der Waals surface area contributed by atoms with E-state index >= 15 is 0 Å². The summed E-state index contributed by atoms with van der Waals surface area (Å²) in [5, 5.41) is 0. The first-order valence-electron chi connectivity index (χ1n) is 7.30. The summed E-state index contributed by atoms with van der Waals surface area (Å²) in [6.07, 6.45) is 2.60. The first-order valence-corrected chi connectivity index (χ1v) is 9.08. The second-order valence-corrected chi connectivity index (χ2v) is 7.70. The van der Waals surface area contributed by atoms with Gasteiger partial charge in [-0.2, -0.15) is 0 Å². The van der Waals surface area contributed by atoms with E-state index in [0.29, 0.717) is 24.7 Å². The van der Waals surface area contributed by atoms with Crippen molar-refractivity contribution in [3.05, 3.63) is 28.7 Å². The molecule has 0 aliphatic carbocycles. The molecule has 2 atom stereocenters. The molecule has 3 nitrogen and oxygen atoms in total. The van der Waals surface area contributed by atoms with Crippen LogP contribution in [0.3, 0.4) is 0 Å². The molecule has 2 aliphatic rings. The highest BCUT2D eigenvalue weighted by atomic mass is 79.9. The minimum atomic E-state index is -0.182. The summed E-state index contributed by atoms with van der Waals surface area (Å²) in [6.45, 7) is 2.09. The minimum absolute atomic E-state index is 0.125. The molecule has 2 heterocycles. The number of hydrogen-bond donors (Lipinski definition) is 0. The first-order chi connectivity index (χ1) is 10.2. The van der Waals surface area contributed by atoms with Gasteiger partial charge in [-0.05, 0) is 31.0 Å². The average Bonchev–Trinajstić information content (AvgIpc) is 2.93. The van der Waals surface area contributed by atoms with Gasteiger partial charge in [0.25, 0.3) is 0 Å². The van der Waals surface area contributed by atoms with Crippen molar-refractivity contribution >= 4 is 33.5 Å². The van der Waals surface area contributed by atoms with Crippen LogP contribution in [0.2, 0.25) is 0 Å². The molecule has 1 aromatic rings. The monoisotopic (exact) mass is 370 g/mol. The fraction of sp³-hybridized carbons (Fsp3) is 0.562. The van der Waals surface area contributed by atoms with Crippen molar-refractivity contribution in [1.82, 2.24) is 0 Å². The normalized spacial score (nSPS) is 28.9. The van der Waals surface area contributed by atoms with Crippen LogP contribution in [0.25, 0.3) is 0 Å². The zero-order valence-corrected chi connectivity index (χ0v) is 14.2. The van der Waals surface area contributed by atoms with Gasteiger partial charge in [-0.25, -0.2) is 0 Å². The maximum atomic E-state index is 12.5. The predicted octanol–water partition coefficient (Wildman–Crippen LogP) is 3.70. The van der Waals surface area contributed by atoms with Crippen molar-refractivity contribution < 1.29 is 14.3 Å². The van der Waals surface area contributed by atoms with E-state index in [-0.39, 0.29) is 11.5 Å². The Labute approximate surface area is 137 Å². The van der Waals surface area contributed by atoms with E-state index < -0.39 is 0 Å². The quantitative estimate of drug-likeness (QED) is 0.757. The van der Waals surface area contributed by atoms with Crippen LogP contribution in [-0.2, 0) is 14.3 Å². The second kappa shape index (κ2) is 6.82. The third kappa shape index (κ3) is 3.89. The van der Waals surface area contributed by atoms with Crippen molar-refractivity contribution in [3.63, 3.8) is 0 Å². The number of ketones is 1. The van der Waals surface area contributed by atoms with Crippen LogP contribution in [0.4, 0.5) is 0 Å². The summed E-state index contributed by atoms with van der Waals surface area (Å²) in [5.41, 5.74) is -0.182. The Morgan fingerprint density at radius 3 is 3.10 bits per heavy atom. The van der Waals surface area contributed by atoms with E-state index in [1.165, 1.54) is 0 Å². The number of carbonyl (C=O) groups is 1. The van der Waals surface area contributed by atoms with Crippen molar-refractivity contribution in [3.8, 4) is 0 Å². The lowest BCUT2D eigenvalue weighted by Crippen LogP contribution is -2.42. The van der Waals surface area contributed by atoms with Crippen LogP contribution in [0, 0.1) is 5.92 Å². The summed E-state index contributed by atoms with van der Waals surface area (Å²) in [4.78, 5) is 13.6. The van der Waals surface area contributed by atoms with Gasteiger partial charge in [0.2, 0.25) is 0 Å². The number of rotatable bonds is 4. The molecule has 114 valence electrons. The van der Waals surface area contributed by atoms with Gasteiger partial charge in [0.05, 0.1) is 18.0 Å². The molecule has 1 spiro atoms. The predicted molar refractivity (Wildman–Crippen MR) is 86.7 cm³/mol. The molecule has 21 heavy (non-hydrogen) atoms.